The normalized spacial score (nSPS) is 11.9. The summed E-state index contributed by atoms with van der Waals surface area (Å²) in [6.45, 7) is 5.74. The topological polar surface area (TPSA) is 96.0 Å². The van der Waals surface area contributed by atoms with Crippen LogP contribution in [0.25, 0.3) is 0 Å². The minimum absolute atomic E-state index is 0.0675. The monoisotopic (exact) mass is 629 g/mol. The van der Waals surface area contributed by atoms with Crippen LogP contribution in [0.2, 0.25) is 0 Å². The highest BCUT2D eigenvalue weighted by Gasteiger charge is 2.33. The van der Waals surface area contributed by atoms with Crippen LogP contribution >= 0.6 is 15.9 Å². The fraction of sp³-hybridized carbons (Fsp3) is 0.333. The molecule has 1 N–H and O–H groups in total. The molecule has 0 aromatic heterocycles. The Hall–Kier alpha value is -3.37. The number of amides is 2. The third kappa shape index (κ3) is 7.85. The number of halogens is 1. The van der Waals surface area contributed by atoms with Crippen molar-refractivity contribution in [2.75, 3.05) is 24.5 Å². The van der Waals surface area contributed by atoms with Crippen molar-refractivity contribution in [3.8, 4) is 5.75 Å². The summed E-state index contributed by atoms with van der Waals surface area (Å²) >= 11 is 3.41. The molecule has 0 bridgehead atoms. The molecule has 0 saturated carbocycles. The zero-order valence-corrected chi connectivity index (χ0v) is 25.7. The van der Waals surface area contributed by atoms with Crippen molar-refractivity contribution < 1.29 is 22.7 Å². The van der Waals surface area contributed by atoms with Crippen LogP contribution in [-0.4, -0.2) is 51.4 Å². The molecule has 10 heteroatoms. The van der Waals surface area contributed by atoms with Gasteiger partial charge >= 0.3 is 0 Å². The second kappa shape index (κ2) is 14.3. The molecule has 3 aromatic rings. The van der Waals surface area contributed by atoms with Crippen LogP contribution in [0.5, 0.6) is 5.75 Å². The van der Waals surface area contributed by atoms with E-state index in [1.165, 1.54) is 17.0 Å². The number of methoxy groups -OCH3 is 1. The number of sulfonamides is 1. The highest BCUT2D eigenvalue weighted by Crippen LogP contribution is 2.27. The molecule has 3 rings (SSSR count). The molecule has 2 amide bonds. The number of anilines is 1. The Morgan fingerprint density at radius 1 is 1.00 bits per heavy atom. The SMILES string of the molecule is CCCNC(=O)C(CC)N(Cc1cccc(OC)c1)C(=O)CN(c1cccc(Br)c1)S(=O)(=O)c1ccc(C)cc1. The van der Waals surface area contributed by atoms with E-state index in [-0.39, 0.29) is 17.3 Å². The number of hydrogen-bond acceptors (Lipinski definition) is 5. The number of aryl methyl sites for hydroxylation is 1. The molecule has 0 aliphatic heterocycles. The summed E-state index contributed by atoms with van der Waals surface area (Å²) in [5.74, 6) is -0.168. The Labute approximate surface area is 245 Å². The van der Waals surface area contributed by atoms with Crippen molar-refractivity contribution in [1.29, 1.82) is 0 Å². The molecule has 1 unspecified atom stereocenters. The Morgan fingerprint density at radius 3 is 2.33 bits per heavy atom. The van der Waals surface area contributed by atoms with Gasteiger partial charge < -0.3 is 15.0 Å². The number of hydrogen-bond donors (Lipinski definition) is 1. The predicted octanol–water partition coefficient (Wildman–Crippen LogP) is 5.30. The summed E-state index contributed by atoms with van der Waals surface area (Å²) < 4.78 is 34.9. The highest BCUT2D eigenvalue weighted by atomic mass is 79.9. The molecule has 0 radical (unpaired) electrons. The number of nitrogens with zero attached hydrogens (tertiary/aromatic N) is 2. The molecular formula is C30H36BrN3O5S. The average molecular weight is 631 g/mol. The van der Waals surface area contributed by atoms with Crippen molar-refractivity contribution in [3.05, 3.63) is 88.4 Å². The van der Waals surface area contributed by atoms with Crippen LogP contribution in [0.4, 0.5) is 5.69 Å². The van der Waals surface area contributed by atoms with Gasteiger partial charge in [0.2, 0.25) is 11.8 Å². The third-order valence-corrected chi connectivity index (χ3v) is 8.69. The maximum absolute atomic E-state index is 14.1. The van der Waals surface area contributed by atoms with E-state index in [2.05, 4.69) is 21.2 Å². The number of carbonyl (C=O) groups is 2. The van der Waals surface area contributed by atoms with Gasteiger partial charge in [0.25, 0.3) is 10.0 Å². The van der Waals surface area contributed by atoms with E-state index in [1.807, 2.05) is 32.9 Å². The summed E-state index contributed by atoms with van der Waals surface area (Å²) in [6, 6.07) is 19.7. The lowest BCUT2D eigenvalue weighted by atomic mass is 10.1. The van der Waals surface area contributed by atoms with Gasteiger partial charge in [0.1, 0.15) is 18.3 Å². The quantitative estimate of drug-likeness (QED) is 0.277. The van der Waals surface area contributed by atoms with E-state index in [1.54, 1.807) is 55.6 Å². The lowest BCUT2D eigenvalue weighted by molar-refractivity contribution is -0.140. The zero-order valence-electron chi connectivity index (χ0n) is 23.3. The standard InChI is InChI=1S/C30H36BrN3O5S/c1-5-17-32-30(36)28(6-2)33(20-23-9-7-12-26(18-23)39-4)29(35)21-34(25-11-8-10-24(31)19-25)40(37,38)27-15-13-22(3)14-16-27/h7-16,18-19,28H,5-6,17,20-21H2,1-4H3,(H,32,36). The molecule has 8 nitrogen and oxygen atoms in total. The Balaban J connectivity index is 2.06. The van der Waals surface area contributed by atoms with Gasteiger partial charge in [0, 0.05) is 17.6 Å². The first-order valence-corrected chi connectivity index (χ1v) is 15.4. The molecule has 40 heavy (non-hydrogen) atoms. The first-order chi connectivity index (χ1) is 19.1. The molecule has 3 aromatic carbocycles. The summed E-state index contributed by atoms with van der Waals surface area (Å²) in [4.78, 5) is 28.8. The van der Waals surface area contributed by atoms with Gasteiger partial charge in [-0.3, -0.25) is 13.9 Å². The van der Waals surface area contributed by atoms with Gasteiger partial charge in [0.05, 0.1) is 17.7 Å². The molecule has 0 aliphatic carbocycles. The van der Waals surface area contributed by atoms with Crippen molar-refractivity contribution in [1.82, 2.24) is 10.2 Å². The van der Waals surface area contributed by atoms with E-state index in [9.17, 15) is 18.0 Å². The summed E-state index contributed by atoms with van der Waals surface area (Å²) in [7, 11) is -2.57. The van der Waals surface area contributed by atoms with Crippen LogP contribution in [0.15, 0.2) is 82.2 Å². The third-order valence-electron chi connectivity index (χ3n) is 6.41. The fourth-order valence-corrected chi connectivity index (χ4v) is 6.04. The summed E-state index contributed by atoms with van der Waals surface area (Å²) in [6.07, 6.45) is 1.10. The Bertz CT molecular complexity index is 1410. The molecule has 214 valence electrons. The lowest BCUT2D eigenvalue weighted by Crippen LogP contribution is -2.52. The number of benzene rings is 3. The van der Waals surface area contributed by atoms with Crippen LogP contribution < -0.4 is 14.4 Å². The van der Waals surface area contributed by atoms with E-state index < -0.39 is 28.5 Å². The smallest absolute Gasteiger partial charge is 0.264 e. The van der Waals surface area contributed by atoms with Gasteiger partial charge in [-0.2, -0.15) is 0 Å². The van der Waals surface area contributed by atoms with E-state index in [0.29, 0.717) is 28.9 Å². The van der Waals surface area contributed by atoms with E-state index in [0.717, 1.165) is 21.9 Å². The van der Waals surface area contributed by atoms with Crippen molar-refractivity contribution >= 4 is 43.5 Å². The first-order valence-electron chi connectivity index (χ1n) is 13.2. The fourth-order valence-electron chi connectivity index (χ4n) is 4.25. The lowest BCUT2D eigenvalue weighted by Gasteiger charge is -2.33. The predicted molar refractivity (Wildman–Crippen MR) is 161 cm³/mol. The highest BCUT2D eigenvalue weighted by molar-refractivity contribution is 9.10. The second-order valence-corrected chi connectivity index (χ2v) is 12.2. The van der Waals surface area contributed by atoms with E-state index >= 15 is 0 Å². The molecule has 0 aliphatic rings. The Kier molecular flexibility index (Phi) is 11.2. The number of rotatable bonds is 13. The second-order valence-electron chi connectivity index (χ2n) is 9.39. The van der Waals surface area contributed by atoms with Crippen LogP contribution in [-0.2, 0) is 26.2 Å². The molecular weight excluding hydrogens is 594 g/mol. The minimum atomic E-state index is -4.12. The molecule has 0 spiro atoms. The molecule has 0 fully saturated rings. The maximum Gasteiger partial charge on any atom is 0.264 e. The van der Waals surface area contributed by atoms with Crippen molar-refractivity contribution in [3.63, 3.8) is 0 Å². The summed E-state index contributed by atoms with van der Waals surface area (Å²) in [5.41, 5.74) is 2.00. The van der Waals surface area contributed by atoms with Gasteiger partial charge in [0.15, 0.2) is 0 Å². The minimum Gasteiger partial charge on any atom is -0.497 e. The zero-order chi connectivity index (χ0) is 29.3. The average Bonchev–Trinajstić information content (AvgIpc) is 2.94. The van der Waals surface area contributed by atoms with Crippen LogP contribution in [0, 0.1) is 6.92 Å². The van der Waals surface area contributed by atoms with Gasteiger partial charge in [-0.1, -0.05) is 65.7 Å². The molecule has 1 atom stereocenters. The Morgan fingerprint density at radius 2 is 1.70 bits per heavy atom. The van der Waals surface area contributed by atoms with Crippen LogP contribution in [0.3, 0.4) is 0 Å². The molecule has 0 heterocycles. The maximum atomic E-state index is 14.1. The van der Waals surface area contributed by atoms with Gasteiger partial charge in [-0.05, 0) is 67.8 Å². The van der Waals surface area contributed by atoms with Crippen molar-refractivity contribution in [2.45, 2.75) is 51.1 Å². The van der Waals surface area contributed by atoms with Crippen molar-refractivity contribution in [2.24, 2.45) is 0 Å². The number of ether oxygens (including phenoxy) is 1. The summed E-state index contributed by atoms with van der Waals surface area (Å²) in [5, 5.41) is 2.89. The molecule has 0 saturated heterocycles. The van der Waals surface area contributed by atoms with Gasteiger partial charge in [-0.15, -0.1) is 0 Å². The number of carbonyl (C=O) groups excluding carboxylic acids is 2. The van der Waals surface area contributed by atoms with Gasteiger partial charge in [-0.25, -0.2) is 8.42 Å². The first kappa shape index (κ1) is 31.2. The van der Waals surface area contributed by atoms with E-state index in [4.69, 9.17) is 4.74 Å². The number of nitrogens with one attached hydrogen (secondary N) is 1. The van der Waals surface area contributed by atoms with Crippen LogP contribution in [0.1, 0.15) is 37.8 Å². The largest absolute Gasteiger partial charge is 0.497 e.